The van der Waals surface area contributed by atoms with E-state index in [9.17, 15) is 4.79 Å². The summed E-state index contributed by atoms with van der Waals surface area (Å²) in [6, 6.07) is 6.77. The lowest BCUT2D eigenvalue weighted by atomic mass is 10.1. The third-order valence-corrected chi connectivity index (χ3v) is 5.12. The lowest BCUT2D eigenvalue weighted by Gasteiger charge is -2.25. The summed E-state index contributed by atoms with van der Waals surface area (Å²) in [7, 11) is 6.14. The number of carbonyl (C=O) groups is 1. The van der Waals surface area contributed by atoms with Gasteiger partial charge in [0.2, 0.25) is 5.91 Å². The van der Waals surface area contributed by atoms with Gasteiger partial charge in [-0.3, -0.25) is 4.79 Å². The predicted octanol–water partition coefficient (Wildman–Crippen LogP) is 2.17. The van der Waals surface area contributed by atoms with Crippen LogP contribution in [-0.2, 0) is 4.79 Å². The molecular formula is C20H33N3O2. The van der Waals surface area contributed by atoms with Crippen LogP contribution in [0.3, 0.4) is 0 Å². The average molecular weight is 348 g/mol. The fourth-order valence-electron chi connectivity index (χ4n) is 3.20. The van der Waals surface area contributed by atoms with Crippen molar-refractivity contribution in [1.29, 1.82) is 0 Å². The number of amides is 1. The van der Waals surface area contributed by atoms with Crippen LogP contribution in [0.2, 0.25) is 0 Å². The second-order valence-corrected chi connectivity index (χ2v) is 7.37. The van der Waals surface area contributed by atoms with Gasteiger partial charge in [0, 0.05) is 32.6 Å². The number of ether oxygens (including phenoxy) is 1. The number of hydrogen-bond acceptors (Lipinski definition) is 4. The Bertz CT molecular complexity index is 576. The van der Waals surface area contributed by atoms with Crippen LogP contribution in [0.1, 0.15) is 24.0 Å². The van der Waals surface area contributed by atoms with Crippen LogP contribution in [0.15, 0.2) is 18.2 Å². The van der Waals surface area contributed by atoms with E-state index in [1.807, 2.05) is 20.0 Å². The summed E-state index contributed by atoms with van der Waals surface area (Å²) < 4.78 is 5.85. The van der Waals surface area contributed by atoms with E-state index in [1.54, 1.807) is 4.90 Å². The molecule has 1 aromatic rings. The minimum Gasteiger partial charge on any atom is -0.491 e. The summed E-state index contributed by atoms with van der Waals surface area (Å²) in [5.74, 6) is 1.09. The first-order chi connectivity index (χ1) is 11.9. The van der Waals surface area contributed by atoms with E-state index < -0.39 is 0 Å². The Hall–Kier alpha value is -1.59. The predicted molar refractivity (Wildman–Crippen MR) is 102 cm³/mol. The van der Waals surface area contributed by atoms with Crippen LogP contribution in [0.25, 0.3) is 0 Å². The van der Waals surface area contributed by atoms with Crippen molar-refractivity contribution >= 4 is 5.91 Å². The monoisotopic (exact) mass is 347 g/mol. The largest absolute Gasteiger partial charge is 0.491 e. The number of benzene rings is 1. The highest BCUT2D eigenvalue weighted by Gasteiger charge is 2.23. The van der Waals surface area contributed by atoms with E-state index in [2.05, 4.69) is 43.0 Å². The first-order valence-corrected chi connectivity index (χ1v) is 9.19. The lowest BCUT2D eigenvalue weighted by Crippen LogP contribution is -2.38. The van der Waals surface area contributed by atoms with Gasteiger partial charge in [-0.1, -0.05) is 12.1 Å². The standard InChI is InChI=1S/C20H33N3O2/c1-16-6-7-17(2)19(14-16)25-13-12-23(5)20(24)9-11-22(4)18-8-10-21(3)15-18/h6-7,14,18H,8-13,15H2,1-5H3/t18-/m1/s1. The smallest absolute Gasteiger partial charge is 0.223 e. The summed E-state index contributed by atoms with van der Waals surface area (Å²) in [4.78, 5) is 18.8. The summed E-state index contributed by atoms with van der Waals surface area (Å²) in [5.41, 5.74) is 2.31. The maximum atomic E-state index is 12.3. The van der Waals surface area contributed by atoms with E-state index in [0.717, 1.165) is 30.9 Å². The zero-order valence-electron chi connectivity index (χ0n) is 16.4. The van der Waals surface area contributed by atoms with Gasteiger partial charge < -0.3 is 19.4 Å². The number of nitrogens with zero attached hydrogens (tertiary/aromatic N) is 3. The van der Waals surface area contributed by atoms with E-state index in [1.165, 1.54) is 12.0 Å². The molecule has 1 heterocycles. The second kappa shape index (κ2) is 9.20. The normalized spacial score (nSPS) is 17.9. The zero-order chi connectivity index (χ0) is 18.4. The Morgan fingerprint density at radius 2 is 2.04 bits per heavy atom. The third kappa shape index (κ3) is 6.01. The van der Waals surface area contributed by atoms with Crippen LogP contribution in [0.5, 0.6) is 5.75 Å². The van der Waals surface area contributed by atoms with E-state index in [4.69, 9.17) is 4.74 Å². The molecule has 0 bridgehead atoms. The fourth-order valence-corrected chi connectivity index (χ4v) is 3.20. The van der Waals surface area contributed by atoms with Crippen molar-refractivity contribution in [3.63, 3.8) is 0 Å². The molecule has 1 amide bonds. The van der Waals surface area contributed by atoms with Crippen LogP contribution in [-0.4, -0.2) is 80.6 Å². The van der Waals surface area contributed by atoms with Crippen LogP contribution in [0, 0.1) is 13.8 Å². The molecule has 0 N–H and O–H groups in total. The number of carbonyl (C=O) groups excluding carboxylic acids is 1. The molecule has 0 unspecified atom stereocenters. The molecule has 0 aromatic heterocycles. The molecule has 1 aliphatic heterocycles. The first-order valence-electron chi connectivity index (χ1n) is 9.19. The van der Waals surface area contributed by atoms with E-state index in [0.29, 0.717) is 25.6 Å². The number of likely N-dealkylation sites (tertiary alicyclic amines) is 1. The van der Waals surface area contributed by atoms with Gasteiger partial charge >= 0.3 is 0 Å². The molecular weight excluding hydrogens is 314 g/mol. The molecule has 25 heavy (non-hydrogen) atoms. The van der Waals surface area contributed by atoms with Crippen molar-refractivity contribution in [1.82, 2.24) is 14.7 Å². The topological polar surface area (TPSA) is 36.0 Å². The molecule has 1 aliphatic rings. The number of likely N-dealkylation sites (N-methyl/N-ethyl adjacent to an activating group) is 3. The van der Waals surface area contributed by atoms with Gasteiger partial charge in [-0.15, -0.1) is 0 Å². The first kappa shape index (κ1) is 19.7. The van der Waals surface area contributed by atoms with Gasteiger partial charge in [-0.25, -0.2) is 0 Å². The summed E-state index contributed by atoms with van der Waals surface area (Å²) in [6.45, 7) is 8.31. The summed E-state index contributed by atoms with van der Waals surface area (Å²) in [6.07, 6.45) is 1.76. The molecule has 0 radical (unpaired) electrons. The Morgan fingerprint density at radius 3 is 2.72 bits per heavy atom. The van der Waals surface area contributed by atoms with Gasteiger partial charge in [0.05, 0.1) is 6.54 Å². The van der Waals surface area contributed by atoms with Gasteiger partial charge in [0.25, 0.3) is 0 Å². The van der Waals surface area contributed by atoms with Crippen molar-refractivity contribution < 1.29 is 9.53 Å². The minimum atomic E-state index is 0.183. The molecule has 1 saturated heterocycles. The lowest BCUT2D eigenvalue weighted by molar-refractivity contribution is -0.130. The summed E-state index contributed by atoms with van der Waals surface area (Å²) in [5, 5.41) is 0. The van der Waals surface area contributed by atoms with Gasteiger partial charge in [0.15, 0.2) is 0 Å². The third-order valence-electron chi connectivity index (χ3n) is 5.12. The highest BCUT2D eigenvalue weighted by atomic mass is 16.5. The molecule has 0 aliphatic carbocycles. The number of aryl methyl sites for hydroxylation is 2. The Balaban J connectivity index is 1.68. The number of rotatable bonds is 8. The van der Waals surface area contributed by atoms with Crippen LogP contribution >= 0.6 is 0 Å². The molecule has 0 saturated carbocycles. The van der Waals surface area contributed by atoms with Crippen molar-refractivity contribution in [3.8, 4) is 5.75 Å². The number of hydrogen-bond donors (Lipinski definition) is 0. The molecule has 0 spiro atoms. The SMILES string of the molecule is Cc1ccc(C)c(OCCN(C)C(=O)CCN(C)[C@@H]2CCN(C)C2)c1. The maximum absolute atomic E-state index is 12.3. The Labute approximate surface area is 152 Å². The van der Waals surface area contributed by atoms with Crippen molar-refractivity contribution in [2.24, 2.45) is 0 Å². The van der Waals surface area contributed by atoms with Crippen molar-refractivity contribution in [2.75, 3.05) is 53.9 Å². The van der Waals surface area contributed by atoms with Gasteiger partial charge in [-0.05, 0) is 58.1 Å². The average Bonchev–Trinajstić information content (AvgIpc) is 3.01. The highest BCUT2D eigenvalue weighted by Crippen LogP contribution is 2.19. The Kier molecular flexibility index (Phi) is 7.26. The molecule has 5 heteroatoms. The summed E-state index contributed by atoms with van der Waals surface area (Å²) >= 11 is 0. The van der Waals surface area contributed by atoms with E-state index in [-0.39, 0.29) is 5.91 Å². The minimum absolute atomic E-state index is 0.183. The Morgan fingerprint density at radius 1 is 1.28 bits per heavy atom. The van der Waals surface area contributed by atoms with Gasteiger partial charge in [0.1, 0.15) is 12.4 Å². The fraction of sp³-hybridized carbons (Fsp3) is 0.650. The van der Waals surface area contributed by atoms with Gasteiger partial charge in [-0.2, -0.15) is 0 Å². The maximum Gasteiger partial charge on any atom is 0.223 e. The molecule has 1 atom stereocenters. The molecule has 1 fully saturated rings. The highest BCUT2D eigenvalue weighted by molar-refractivity contribution is 5.76. The van der Waals surface area contributed by atoms with Crippen molar-refractivity contribution in [2.45, 2.75) is 32.7 Å². The van der Waals surface area contributed by atoms with Crippen LogP contribution < -0.4 is 4.74 Å². The second-order valence-electron chi connectivity index (χ2n) is 7.37. The quantitative estimate of drug-likeness (QED) is 0.722. The molecule has 2 rings (SSSR count). The molecule has 1 aromatic carbocycles. The van der Waals surface area contributed by atoms with Crippen molar-refractivity contribution in [3.05, 3.63) is 29.3 Å². The van der Waals surface area contributed by atoms with Crippen LogP contribution in [0.4, 0.5) is 0 Å². The molecule has 5 nitrogen and oxygen atoms in total. The van der Waals surface area contributed by atoms with E-state index >= 15 is 0 Å². The zero-order valence-corrected chi connectivity index (χ0v) is 16.4. The molecule has 140 valence electrons.